The van der Waals surface area contributed by atoms with Crippen LogP contribution in [0.5, 0.6) is 0 Å². The van der Waals surface area contributed by atoms with E-state index in [2.05, 4.69) is 29.5 Å². The van der Waals surface area contributed by atoms with Crippen molar-refractivity contribution in [2.24, 2.45) is 0 Å². The quantitative estimate of drug-likeness (QED) is 0.622. The number of amides is 2. The summed E-state index contributed by atoms with van der Waals surface area (Å²) >= 11 is 0. The van der Waals surface area contributed by atoms with Crippen molar-refractivity contribution in [3.63, 3.8) is 0 Å². The molecule has 3 rings (SSSR count). The lowest BCUT2D eigenvalue weighted by Crippen LogP contribution is -2.17. The summed E-state index contributed by atoms with van der Waals surface area (Å²) in [6, 6.07) is 15.1. The van der Waals surface area contributed by atoms with Crippen LogP contribution in [0.2, 0.25) is 0 Å². The highest BCUT2D eigenvalue weighted by Crippen LogP contribution is 2.24. The molecule has 0 atom stereocenters. The molecular weight excluding hydrogens is 362 g/mol. The zero-order chi connectivity index (χ0) is 21.0. The van der Waals surface area contributed by atoms with Gasteiger partial charge in [0.15, 0.2) is 0 Å². The Hall–Kier alpha value is -3.47. The second-order valence-electron chi connectivity index (χ2n) is 7.49. The molecule has 148 valence electrons. The number of rotatable bonds is 5. The van der Waals surface area contributed by atoms with Crippen LogP contribution < -0.4 is 10.6 Å². The molecule has 2 amide bonds. The van der Waals surface area contributed by atoms with Gasteiger partial charge in [-0.3, -0.25) is 14.6 Å². The van der Waals surface area contributed by atoms with Gasteiger partial charge in [0.05, 0.1) is 11.1 Å². The molecule has 0 unspecified atom stereocenters. The third kappa shape index (κ3) is 5.08. The minimum atomic E-state index is -0.306. The maximum Gasteiger partial charge on any atom is 0.257 e. The number of carbonyl (C=O) groups excluding carboxylic acids is 2. The summed E-state index contributed by atoms with van der Waals surface area (Å²) in [6.07, 6.45) is 2.91. The van der Waals surface area contributed by atoms with Crippen LogP contribution in [0, 0.1) is 13.8 Å². The number of hydrogen-bond donors (Lipinski definition) is 2. The van der Waals surface area contributed by atoms with Crippen molar-refractivity contribution in [1.29, 1.82) is 0 Å². The van der Waals surface area contributed by atoms with Gasteiger partial charge in [0.25, 0.3) is 11.8 Å². The fraction of sp³-hybridized carbons (Fsp3) is 0.208. The zero-order valence-corrected chi connectivity index (χ0v) is 17.1. The Labute approximate surface area is 171 Å². The normalized spacial score (nSPS) is 10.7. The number of nitrogens with one attached hydrogen (secondary N) is 2. The van der Waals surface area contributed by atoms with Gasteiger partial charge in [-0.2, -0.15) is 0 Å². The molecule has 5 heteroatoms. The molecule has 0 aliphatic rings. The van der Waals surface area contributed by atoms with E-state index in [4.69, 9.17) is 0 Å². The van der Waals surface area contributed by atoms with Gasteiger partial charge in [0, 0.05) is 23.8 Å². The maximum absolute atomic E-state index is 12.7. The van der Waals surface area contributed by atoms with Crippen molar-refractivity contribution in [2.75, 3.05) is 10.6 Å². The van der Waals surface area contributed by atoms with E-state index in [9.17, 15) is 9.59 Å². The number of hydrogen-bond acceptors (Lipinski definition) is 3. The molecule has 2 aromatic carbocycles. The highest BCUT2D eigenvalue weighted by Gasteiger charge is 2.14. The second kappa shape index (κ2) is 8.69. The van der Waals surface area contributed by atoms with Crippen LogP contribution in [-0.2, 0) is 0 Å². The monoisotopic (exact) mass is 387 g/mol. The van der Waals surface area contributed by atoms with Gasteiger partial charge >= 0.3 is 0 Å². The minimum Gasteiger partial charge on any atom is -0.322 e. The predicted molar refractivity (Wildman–Crippen MR) is 117 cm³/mol. The van der Waals surface area contributed by atoms with E-state index < -0.39 is 0 Å². The number of aryl methyl sites for hydroxylation is 2. The topological polar surface area (TPSA) is 71.1 Å². The Morgan fingerprint density at radius 2 is 1.41 bits per heavy atom. The number of para-hydroxylation sites is 1. The van der Waals surface area contributed by atoms with Crippen LogP contribution >= 0.6 is 0 Å². The molecule has 1 heterocycles. The van der Waals surface area contributed by atoms with E-state index >= 15 is 0 Å². The molecule has 0 fully saturated rings. The Bertz CT molecular complexity index is 1040. The lowest BCUT2D eigenvalue weighted by molar-refractivity contribution is 0.102. The van der Waals surface area contributed by atoms with E-state index in [1.165, 1.54) is 12.4 Å². The summed E-state index contributed by atoms with van der Waals surface area (Å²) < 4.78 is 0. The second-order valence-corrected chi connectivity index (χ2v) is 7.49. The smallest absolute Gasteiger partial charge is 0.257 e. The molecule has 0 saturated carbocycles. The SMILES string of the molecule is Cc1cc(C)cc(NC(=O)c2cncc(C(=O)Nc3ccccc3C(C)C)c2)c1. The van der Waals surface area contributed by atoms with Crippen LogP contribution in [-0.4, -0.2) is 16.8 Å². The highest BCUT2D eigenvalue weighted by atomic mass is 16.2. The first-order valence-corrected chi connectivity index (χ1v) is 9.58. The molecule has 0 bridgehead atoms. The average molecular weight is 387 g/mol. The zero-order valence-electron chi connectivity index (χ0n) is 17.1. The molecule has 0 aliphatic heterocycles. The first-order valence-electron chi connectivity index (χ1n) is 9.58. The summed E-state index contributed by atoms with van der Waals surface area (Å²) in [6.45, 7) is 8.10. The van der Waals surface area contributed by atoms with E-state index in [1.807, 2.05) is 56.3 Å². The van der Waals surface area contributed by atoms with Gasteiger partial charge in [0.2, 0.25) is 0 Å². The highest BCUT2D eigenvalue weighted by molar-refractivity contribution is 6.08. The number of aromatic nitrogens is 1. The standard InChI is InChI=1S/C24H25N3O2/c1-15(2)21-7-5-6-8-22(21)27-24(29)19-12-18(13-25-14-19)23(28)26-20-10-16(3)9-17(4)11-20/h5-15H,1-4H3,(H,26,28)(H,27,29). The number of anilines is 2. The summed E-state index contributed by atoms with van der Waals surface area (Å²) in [7, 11) is 0. The van der Waals surface area contributed by atoms with Crippen molar-refractivity contribution in [1.82, 2.24) is 4.98 Å². The molecule has 1 aromatic heterocycles. The Morgan fingerprint density at radius 1 is 0.828 bits per heavy atom. The third-order valence-electron chi connectivity index (χ3n) is 4.57. The first-order chi connectivity index (χ1) is 13.8. The molecule has 0 aliphatic carbocycles. The fourth-order valence-corrected chi connectivity index (χ4v) is 3.25. The summed E-state index contributed by atoms with van der Waals surface area (Å²) in [5.41, 5.74) is 5.32. The third-order valence-corrected chi connectivity index (χ3v) is 4.57. The van der Waals surface area contributed by atoms with Gasteiger partial charge in [-0.05, 0) is 60.7 Å². The lowest BCUT2D eigenvalue weighted by Gasteiger charge is -2.14. The summed E-state index contributed by atoms with van der Waals surface area (Å²) in [5.74, 6) is -0.328. The molecule has 0 spiro atoms. The number of nitrogens with zero attached hydrogens (tertiary/aromatic N) is 1. The molecule has 0 saturated heterocycles. The maximum atomic E-state index is 12.7. The van der Waals surface area contributed by atoms with Crippen LogP contribution in [0.15, 0.2) is 60.9 Å². The number of benzene rings is 2. The predicted octanol–water partition coefficient (Wildman–Crippen LogP) is 5.33. The van der Waals surface area contributed by atoms with Crippen molar-refractivity contribution >= 4 is 23.2 Å². The van der Waals surface area contributed by atoms with E-state index in [-0.39, 0.29) is 17.7 Å². The van der Waals surface area contributed by atoms with Crippen molar-refractivity contribution in [3.05, 3.63) is 88.7 Å². The van der Waals surface area contributed by atoms with Gasteiger partial charge in [-0.25, -0.2) is 0 Å². The Balaban J connectivity index is 1.78. The van der Waals surface area contributed by atoms with Gasteiger partial charge in [-0.15, -0.1) is 0 Å². The van der Waals surface area contributed by atoms with Crippen molar-refractivity contribution in [3.8, 4) is 0 Å². The van der Waals surface area contributed by atoms with Crippen LogP contribution in [0.25, 0.3) is 0 Å². The van der Waals surface area contributed by atoms with Crippen LogP contribution in [0.3, 0.4) is 0 Å². The molecule has 0 radical (unpaired) electrons. The summed E-state index contributed by atoms with van der Waals surface area (Å²) in [5, 5.41) is 5.80. The van der Waals surface area contributed by atoms with E-state index in [0.29, 0.717) is 16.8 Å². The number of carbonyl (C=O) groups is 2. The lowest BCUT2D eigenvalue weighted by atomic mass is 10.0. The molecule has 29 heavy (non-hydrogen) atoms. The van der Waals surface area contributed by atoms with Crippen LogP contribution in [0.4, 0.5) is 11.4 Å². The van der Waals surface area contributed by atoms with Crippen molar-refractivity contribution in [2.45, 2.75) is 33.6 Å². The summed E-state index contributed by atoms with van der Waals surface area (Å²) in [4.78, 5) is 29.4. The minimum absolute atomic E-state index is 0.277. The Kier molecular flexibility index (Phi) is 6.07. The van der Waals surface area contributed by atoms with Gasteiger partial charge in [0.1, 0.15) is 0 Å². The molecule has 3 aromatic rings. The average Bonchev–Trinajstić information content (AvgIpc) is 2.67. The van der Waals surface area contributed by atoms with E-state index in [1.54, 1.807) is 6.07 Å². The van der Waals surface area contributed by atoms with Crippen molar-refractivity contribution < 1.29 is 9.59 Å². The number of pyridine rings is 1. The largest absolute Gasteiger partial charge is 0.322 e. The Morgan fingerprint density at radius 3 is 2.03 bits per heavy atom. The molecule has 2 N–H and O–H groups in total. The van der Waals surface area contributed by atoms with Gasteiger partial charge in [-0.1, -0.05) is 38.1 Å². The molecule has 5 nitrogen and oxygen atoms in total. The fourth-order valence-electron chi connectivity index (χ4n) is 3.25. The molecular formula is C24H25N3O2. The first kappa shape index (κ1) is 20.3. The van der Waals surface area contributed by atoms with E-state index in [0.717, 1.165) is 22.4 Å². The van der Waals surface area contributed by atoms with Gasteiger partial charge < -0.3 is 10.6 Å². The van der Waals surface area contributed by atoms with Crippen LogP contribution in [0.1, 0.15) is 57.2 Å².